The minimum Gasteiger partial charge on any atom is -0.326 e. The summed E-state index contributed by atoms with van der Waals surface area (Å²) in [6, 6.07) is 17.8. The summed E-state index contributed by atoms with van der Waals surface area (Å²) in [5.41, 5.74) is 3.10. The zero-order chi connectivity index (χ0) is 13.7. The van der Waals surface area contributed by atoms with Gasteiger partial charge in [0.15, 0.2) is 0 Å². The van der Waals surface area contributed by atoms with Gasteiger partial charge in [-0.15, -0.1) is 0 Å². The first-order valence-electron chi connectivity index (χ1n) is 6.63. The number of hydrogen-bond donors (Lipinski definition) is 1. The second kappa shape index (κ2) is 6.19. The number of rotatable bonds is 4. The molecule has 19 heavy (non-hydrogen) atoms. The van der Waals surface area contributed by atoms with Gasteiger partial charge >= 0.3 is 0 Å². The Morgan fingerprint density at radius 1 is 1.05 bits per heavy atom. The Morgan fingerprint density at radius 2 is 1.68 bits per heavy atom. The van der Waals surface area contributed by atoms with E-state index in [0.717, 1.165) is 17.7 Å². The molecule has 1 amide bonds. The Bertz CT molecular complexity index is 531. The van der Waals surface area contributed by atoms with Crippen LogP contribution >= 0.6 is 0 Å². The summed E-state index contributed by atoms with van der Waals surface area (Å²) in [6.45, 7) is 4.07. The van der Waals surface area contributed by atoms with Crippen LogP contribution in [0, 0.1) is 6.92 Å². The van der Waals surface area contributed by atoms with Gasteiger partial charge < -0.3 is 5.32 Å². The largest absolute Gasteiger partial charge is 0.326 e. The summed E-state index contributed by atoms with van der Waals surface area (Å²) in [5.74, 6) is -0.0416. The molecule has 2 heteroatoms. The number of nitrogens with one attached hydrogen (secondary N) is 1. The van der Waals surface area contributed by atoms with Crippen molar-refractivity contribution in [3.63, 3.8) is 0 Å². The second-order valence-electron chi connectivity index (χ2n) is 4.73. The van der Waals surface area contributed by atoms with E-state index in [4.69, 9.17) is 0 Å². The van der Waals surface area contributed by atoms with E-state index in [-0.39, 0.29) is 11.8 Å². The molecule has 0 saturated heterocycles. The molecule has 1 N–H and O–H groups in total. The van der Waals surface area contributed by atoms with Crippen LogP contribution in [0.15, 0.2) is 54.6 Å². The molecule has 0 aromatic heterocycles. The average molecular weight is 253 g/mol. The number of amides is 1. The van der Waals surface area contributed by atoms with E-state index < -0.39 is 0 Å². The quantitative estimate of drug-likeness (QED) is 0.872. The lowest BCUT2D eigenvalue weighted by atomic mass is 9.95. The summed E-state index contributed by atoms with van der Waals surface area (Å²) in [4.78, 5) is 12.3. The van der Waals surface area contributed by atoms with Crippen LogP contribution in [0.25, 0.3) is 0 Å². The van der Waals surface area contributed by atoms with E-state index >= 15 is 0 Å². The van der Waals surface area contributed by atoms with Crippen LogP contribution in [0.3, 0.4) is 0 Å². The van der Waals surface area contributed by atoms with Crippen molar-refractivity contribution in [1.82, 2.24) is 0 Å². The minimum atomic E-state index is -0.0949. The molecular formula is C17H19NO. The highest BCUT2D eigenvalue weighted by Crippen LogP contribution is 2.21. The van der Waals surface area contributed by atoms with Crippen LogP contribution in [0.2, 0.25) is 0 Å². The molecule has 0 radical (unpaired) electrons. The molecule has 98 valence electrons. The van der Waals surface area contributed by atoms with Crippen molar-refractivity contribution >= 4 is 11.6 Å². The van der Waals surface area contributed by atoms with Crippen LogP contribution in [0.5, 0.6) is 0 Å². The Labute approximate surface area is 114 Å². The fraction of sp³-hybridized carbons (Fsp3) is 0.235. The lowest BCUT2D eigenvalue weighted by Gasteiger charge is -2.15. The van der Waals surface area contributed by atoms with Gasteiger partial charge in [-0.1, -0.05) is 55.0 Å². The smallest absolute Gasteiger partial charge is 0.231 e. The van der Waals surface area contributed by atoms with Gasteiger partial charge in [-0.05, 0) is 31.0 Å². The Hall–Kier alpha value is -2.09. The molecule has 0 spiro atoms. The molecule has 0 aliphatic heterocycles. The molecule has 1 atom stereocenters. The van der Waals surface area contributed by atoms with Crippen LogP contribution < -0.4 is 5.32 Å². The molecule has 2 nitrogen and oxygen atoms in total. The van der Waals surface area contributed by atoms with Crippen LogP contribution in [-0.4, -0.2) is 5.91 Å². The summed E-state index contributed by atoms with van der Waals surface area (Å²) >= 11 is 0. The van der Waals surface area contributed by atoms with E-state index in [9.17, 15) is 4.79 Å². The molecule has 0 bridgehead atoms. The first-order valence-corrected chi connectivity index (χ1v) is 6.63. The molecular weight excluding hydrogens is 234 g/mol. The summed E-state index contributed by atoms with van der Waals surface area (Å²) in [5, 5.41) is 2.98. The lowest BCUT2D eigenvalue weighted by Crippen LogP contribution is -2.20. The van der Waals surface area contributed by atoms with E-state index in [2.05, 4.69) is 5.32 Å². The SMILES string of the molecule is CC[C@@H](C(=O)Nc1ccc(C)cc1)c1ccccc1. The Kier molecular flexibility index (Phi) is 4.35. The molecule has 0 heterocycles. The van der Waals surface area contributed by atoms with Gasteiger partial charge in [-0.25, -0.2) is 0 Å². The highest BCUT2D eigenvalue weighted by Gasteiger charge is 2.18. The van der Waals surface area contributed by atoms with Gasteiger partial charge in [0.2, 0.25) is 5.91 Å². The molecule has 0 fully saturated rings. The number of carbonyl (C=O) groups excluding carboxylic acids is 1. The molecule has 0 aliphatic carbocycles. The number of carbonyl (C=O) groups is 1. The van der Waals surface area contributed by atoms with Gasteiger partial charge in [0, 0.05) is 5.69 Å². The van der Waals surface area contributed by atoms with Crippen molar-refractivity contribution in [2.45, 2.75) is 26.2 Å². The summed E-state index contributed by atoms with van der Waals surface area (Å²) in [7, 11) is 0. The number of aryl methyl sites for hydroxylation is 1. The van der Waals surface area contributed by atoms with Crippen LogP contribution in [0.1, 0.15) is 30.4 Å². The second-order valence-corrected chi connectivity index (χ2v) is 4.73. The fourth-order valence-corrected chi connectivity index (χ4v) is 2.12. The molecule has 2 rings (SSSR count). The number of anilines is 1. The normalized spacial score (nSPS) is 11.9. The minimum absolute atomic E-state index is 0.0533. The van der Waals surface area contributed by atoms with Crippen molar-refractivity contribution in [1.29, 1.82) is 0 Å². The predicted molar refractivity (Wildman–Crippen MR) is 79.3 cm³/mol. The van der Waals surface area contributed by atoms with Crippen molar-refractivity contribution in [2.75, 3.05) is 5.32 Å². The third kappa shape index (κ3) is 3.44. The predicted octanol–water partition coefficient (Wildman–Crippen LogP) is 4.13. The number of hydrogen-bond acceptors (Lipinski definition) is 1. The van der Waals surface area contributed by atoms with Crippen LogP contribution in [-0.2, 0) is 4.79 Å². The fourth-order valence-electron chi connectivity index (χ4n) is 2.12. The monoisotopic (exact) mass is 253 g/mol. The molecule has 0 saturated carbocycles. The molecule has 2 aromatic carbocycles. The standard InChI is InChI=1S/C17H19NO/c1-3-16(14-7-5-4-6-8-14)17(19)18-15-11-9-13(2)10-12-15/h4-12,16H,3H2,1-2H3,(H,18,19)/t16-/m1/s1. The van der Waals surface area contributed by atoms with Gasteiger partial charge in [0.25, 0.3) is 0 Å². The molecule has 0 aliphatic rings. The van der Waals surface area contributed by atoms with Crippen molar-refractivity contribution < 1.29 is 4.79 Å². The first-order chi connectivity index (χ1) is 9.20. The average Bonchev–Trinajstić information content (AvgIpc) is 2.43. The Balaban J connectivity index is 2.11. The zero-order valence-corrected chi connectivity index (χ0v) is 11.4. The molecule has 2 aromatic rings. The highest BCUT2D eigenvalue weighted by molar-refractivity contribution is 5.95. The maximum Gasteiger partial charge on any atom is 0.231 e. The summed E-state index contributed by atoms with van der Waals surface area (Å²) < 4.78 is 0. The van der Waals surface area contributed by atoms with Crippen molar-refractivity contribution in [3.05, 3.63) is 65.7 Å². The zero-order valence-electron chi connectivity index (χ0n) is 11.4. The van der Waals surface area contributed by atoms with E-state index in [1.165, 1.54) is 5.56 Å². The van der Waals surface area contributed by atoms with E-state index in [1.54, 1.807) is 0 Å². The van der Waals surface area contributed by atoms with Gasteiger partial charge in [-0.3, -0.25) is 4.79 Å². The van der Waals surface area contributed by atoms with Crippen molar-refractivity contribution in [3.8, 4) is 0 Å². The maximum absolute atomic E-state index is 12.3. The lowest BCUT2D eigenvalue weighted by molar-refractivity contribution is -0.117. The molecule has 0 unspecified atom stereocenters. The topological polar surface area (TPSA) is 29.1 Å². The first kappa shape index (κ1) is 13.3. The third-order valence-electron chi connectivity index (χ3n) is 3.25. The maximum atomic E-state index is 12.3. The van der Waals surface area contributed by atoms with E-state index in [0.29, 0.717) is 0 Å². The van der Waals surface area contributed by atoms with Crippen molar-refractivity contribution in [2.24, 2.45) is 0 Å². The van der Waals surface area contributed by atoms with Crippen LogP contribution in [0.4, 0.5) is 5.69 Å². The third-order valence-corrected chi connectivity index (χ3v) is 3.25. The van der Waals surface area contributed by atoms with Gasteiger partial charge in [-0.2, -0.15) is 0 Å². The highest BCUT2D eigenvalue weighted by atomic mass is 16.1. The Morgan fingerprint density at radius 3 is 2.26 bits per heavy atom. The van der Waals surface area contributed by atoms with Gasteiger partial charge in [0.1, 0.15) is 0 Å². The number of benzene rings is 2. The van der Waals surface area contributed by atoms with Gasteiger partial charge in [0.05, 0.1) is 5.92 Å². The van der Waals surface area contributed by atoms with E-state index in [1.807, 2.05) is 68.4 Å². The summed E-state index contributed by atoms with van der Waals surface area (Å²) in [6.07, 6.45) is 0.793.